The van der Waals surface area contributed by atoms with Gasteiger partial charge in [-0.3, -0.25) is 0 Å². The molecule has 20 heavy (non-hydrogen) atoms. The normalized spacial score (nSPS) is 10.8. The Bertz CT molecular complexity index is 547. The summed E-state index contributed by atoms with van der Waals surface area (Å²) in [6, 6.07) is 6.66. The van der Waals surface area contributed by atoms with Crippen molar-refractivity contribution < 1.29 is 14.3 Å². The predicted octanol–water partition coefficient (Wildman–Crippen LogP) is 3.05. The fourth-order valence-electron chi connectivity index (χ4n) is 1.85. The third-order valence-electron chi connectivity index (χ3n) is 2.79. The molecule has 106 valence electrons. The number of rotatable bonds is 6. The maximum atomic E-state index is 14.1. The van der Waals surface area contributed by atoms with E-state index in [4.69, 9.17) is 10.4 Å². The molecule has 1 N–H and O–H groups in total. The van der Waals surface area contributed by atoms with Gasteiger partial charge in [0.15, 0.2) is 0 Å². The molecule has 5 heteroatoms. The zero-order valence-corrected chi connectivity index (χ0v) is 11.5. The maximum Gasteiger partial charge on any atom is 0.328 e. The number of carboxylic acids is 1. The lowest BCUT2D eigenvalue weighted by molar-refractivity contribution is -0.131. The Kier molecular flexibility index (Phi) is 5.73. The van der Waals surface area contributed by atoms with Crippen LogP contribution in [0.15, 0.2) is 24.3 Å². The molecule has 0 aromatic heterocycles. The number of hydrogen-bond donors (Lipinski definition) is 1. The smallest absolute Gasteiger partial charge is 0.328 e. The molecule has 0 aliphatic carbocycles. The van der Waals surface area contributed by atoms with Gasteiger partial charge in [-0.1, -0.05) is 6.07 Å². The van der Waals surface area contributed by atoms with Gasteiger partial charge < -0.3 is 10.0 Å². The molecule has 0 bridgehead atoms. The van der Waals surface area contributed by atoms with Crippen LogP contribution in [-0.4, -0.2) is 23.7 Å². The molecule has 1 rings (SSSR count). The Labute approximate surface area is 117 Å². The standard InChI is InChI=1S/C15H17FN2O2/c1-11(2)18(9-3-8-17)14-6-4-12(10-13(14)16)5-7-15(19)20/h4-7,10-11H,3,9H2,1-2H3,(H,19,20). The van der Waals surface area contributed by atoms with E-state index in [0.29, 0.717) is 24.2 Å². The summed E-state index contributed by atoms with van der Waals surface area (Å²) in [5.74, 6) is -1.50. The lowest BCUT2D eigenvalue weighted by atomic mass is 10.1. The van der Waals surface area contributed by atoms with Crippen molar-refractivity contribution in [1.82, 2.24) is 0 Å². The Morgan fingerprint density at radius 3 is 2.75 bits per heavy atom. The molecule has 0 radical (unpaired) electrons. The van der Waals surface area contributed by atoms with Crippen molar-refractivity contribution in [3.63, 3.8) is 0 Å². The zero-order chi connectivity index (χ0) is 15.1. The fourth-order valence-corrected chi connectivity index (χ4v) is 1.85. The largest absolute Gasteiger partial charge is 0.478 e. The van der Waals surface area contributed by atoms with Crippen molar-refractivity contribution in [3.05, 3.63) is 35.7 Å². The Morgan fingerprint density at radius 2 is 2.25 bits per heavy atom. The number of nitriles is 1. The molecule has 0 fully saturated rings. The third kappa shape index (κ3) is 4.39. The molecule has 1 aromatic carbocycles. The molecule has 0 aliphatic heterocycles. The van der Waals surface area contributed by atoms with Gasteiger partial charge in [0.05, 0.1) is 18.2 Å². The zero-order valence-electron chi connectivity index (χ0n) is 11.5. The Hall–Kier alpha value is -2.35. The molecule has 0 atom stereocenters. The highest BCUT2D eigenvalue weighted by Crippen LogP contribution is 2.23. The van der Waals surface area contributed by atoms with Crippen LogP contribution in [0.5, 0.6) is 0 Å². The SMILES string of the molecule is CC(C)N(CCC#N)c1ccc(C=CC(=O)O)cc1F. The van der Waals surface area contributed by atoms with E-state index in [0.717, 1.165) is 6.08 Å². The first-order chi connectivity index (χ1) is 9.45. The summed E-state index contributed by atoms with van der Waals surface area (Å²) in [5.41, 5.74) is 0.903. The van der Waals surface area contributed by atoms with Crippen molar-refractivity contribution in [2.24, 2.45) is 0 Å². The third-order valence-corrected chi connectivity index (χ3v) is 2.79. The highest BCUT2D eigenvalue weighted by molar-refractivity contribution is 5.85. The molecule has 0 heterocycles. The lowest BCUT2D eigenvalue weighted by Crippen LogP contribution is -2.32. The number of anilines is 1. The first-order valence-corrected chi connectivity index (χ1v) is 6.30. The number of carbonyl (C=O) groups is 1. The van der Waals surface area contributed by atoms with E-state index >= 15 is 0 Å². The summed E-state index contributed by atoms with van der Waals surface area (Å²) in [7, 11) is 0. The van der Waals surface area contributed by atoms with Crippen molar-refractivity contribution in [1.29, 1.82) is 5.26 Å². The van der Waals surface area contributed by atoms with E-state index < -0.39 is 11.8 Å². The second-order valence-corrected chi connectivity index (χ2v) is 4.58. The quantitative estimate of drug-likeness (QED) is 0.811. The minimum absolute atomic E-state index is 0.0678. The monoisotopic (exact) mass is 276 g/mol. The van der Waals surface area contributed by atoms with Crippen LogP contribution >= 0.6 is 0 Å². The molecule has 4 nitrogen and oxygen atoms in total. The Balaban J connectivity index is 3.01. The van der Waals surface area contributed by atoms with Gasteiger partial charge >= 0.3 is 5.97 Å². The van der Waals surface area contributed by atoms with Crippen molar-refractivity contribution in [3.8, 4) is 6.07 Å². The molecule has 0 saturated heterocycles. The first kappa shape index (κ1) is 15.7. The van der Waals surface area contributed by atoms with Crippen molar-refractivity contribution >= 4 is 17.7 Å². The number of nitrogens with zero attached hydrogens (tertiary/aromatic N) is 2. The fraction of sp³-hybridized carbons (Fsp3) is 0.333. The average Bonchev–Trinajstić information content (AvgIpc) is 2.38. The molecule has 0 aliphatic rings. The Morgan fingerprint density at radius 1 is 1.55 bits per heavy atom. The van der Waals surface area contributed by atoms with Gasteiger partial charge in [0, 0.05) is 18.7 Å². The molecular formula is C15H17FN2O2. The van der Waals surface area contributed by atoms with Crippen LogP contribution in [0, 0.1) is 17.1 Å². The van der Waals surface area contributed by atoms with Gasteiger partial charge in [0.1, 0.15) is 5.82 Å². The highest BCUT2D eigenvalue weighted by Gasteiger charge is 2.14. The summed E-state index contributed by atoms with van der Waals surface area (Å²) in [5, 5.41) is 17.2. The van der Waals surface area contributed by atoms with Gasteiger partial charge in [0.2, 0.25) is 0 Å². The molecule has 1 aromatic rings. The van der Waals surface area contributed by atoms with Crippen molar-refractivity contribution in [2.75, 3.05) is 11.4 Å². The first-order valence-electron chi connectivity index (χ1n) is 6.30. The summed E-state index contributed by atoms with van der Waals surface area (Å²) >= 11 is 0. The van der Waals surface area contributed by atoms with Gasteiger partial charge in [-0.2, -0.15) is 5.26 Å². The van der Waals surface area contributed by atoms with E-state index in [9.17, 15) is 9.18 Å². The highest BCUT2D eigenvalue weighted by atomic mass is 19.1. The van der Waals surface area contributed by atoms with Gasteiger partial charge in [-0.25, -0.2) is 9.18 Å². The van der Waals surface area contributed by atoms with Crippen LogP contribution < -0.4 is 4.90 Å². The number of carboxylic acid groups (broad SMARTS) is 1. The van der Waals surface area contributed by atoms with E-state index in [2.05, 4.69) is 0 Å². The van der Waals surface area contributed by atoms with Crippen LogP contribution in [0.25, 0.3) is 6.08 Å². The number of aliphatic carboxylic acids is 1. The van der Waals surface area contributed by atoms with Crippen LogP contribution in [0.1, 0.15) is 25.8 Å². The molecule has 0 unspecified atom stereocenters. The number of halogens is 1. The molecular weight excluding hydrogens is 259 g/mol. The summed E-state index contributed by atoms with van der Waals surface area (Å²) < 4.78 is 14.1. The predicted molar refractivity (Wildman–Crippen MR) is 75.8 cm³/mol. The van der Waals surface area contributed by atoms with E-state index in [1.54, 1.807) is 12.1 Å². The van der Waals surface area contributed by atoms with E-state index in [1.165, 1.54) is 12.1 Å². The summed E-state index contributed by atoms with van der Waals surface area (Å²) in [4.78, 5) is 12.2. The van der Waals surface area contributed by atoms with Crippen molar-refractivity contribution in [2.45, 2.75) is 26.3 Å². The minimum atomic E-state index is -1.08. The van der Waals surface area contributed by atoms with E-state index in [-0.39, 0.29) is 6.04 Å². The second-order valence-electron chi connectivity index (χ2n) is 4.58. The molecule has 0 saturated carbocycles. The van der Waals surface area contributed by atoms with Gasteiger partial charge in [-0.15, -0.1) is 0 Å². The number of benzene rings is 1. The molecule has 0 amide bonds. The van der Waals surface area contributed by atoms with Crippen LogP contribution in [0.4, 0.5) is 10.1 Å². The topological polar surface area (TPSA) is 64.3 Å². The lowest BCUT2D eigenvalue weighted by Gasteiger charge is -2.28. The van der Waals surface area contributed by atoms with Gasteiger partial charge in [-0.05, 0) is 37.6 Å². The summed E-state index contributed by atoms with van der Waals surface area (Å²) in [6.45, 7) is 4.31. The van der Waals surface area contributed by atoms with Crippen LogP contribution in [-0.2, 0) is 4.79 Å². The second kappa shape index (κ2) is 7.29. The van der Waals surface area contributed by atoms with Crippen LogP contribution in [0.2, 0.25) is 0 Å². The number of hydrogen-bond acceptors (Lipinski definition) is 3. The van der Waals surface area contributed by atoms with E-state index in [1.807, 2.05) is 24.8 Å². The summed E-state index contributed by atoms with van der Waals surface area (Å²) in [6.07, 6.45) is 2.62. The minimum Gasteiger partial charge on any atom is -0.478 e. The van der Waals surface area contributed by atoms with Crippen LogP contribution in [0.3, 0.4) is 0 Å². The van der Waals surface area contributed by atoms with Gasteiger partial charge in [0.25, 0.3) is 0 Å². The average molecular weight is 276 g/mol. The molecule has 0 spiro atoms. The maximum absolute atomic E-state index is 14.1.